The van der Waals surface area contributed by atoms with Gasteiger partial charge in [0.15, 0.2) is 140 Å². The second kappa shape index (κ2) is 31.1. The molecule has 126 heavy (non-hydrogen) atoms. The summed E-state index contributed by atoms with van der Waals surface area (Å²) in [4.78, 5) is 18.2. The van der Waals surface area contributed by atoms with Gasteiger partial charge in [0.25, 0.3) is 0 Å². The molecule has 0 aliphatic carbocycles. The van der Waals surface area contributed by atoms with Crippen molar-refractivity contribution in [2.45, 2.75) is 0 Å². The van der Waals surface area contributed by atoms with Gasteiger partial charge in [0, 0.05) is 99.9 Å². The standard InChI is InChI=1S/C90H32F30N6/c91-57-51(58(92)70(104)81(115)69(57)103)45-33-21-25-37(121-33)47(53-61(95)73(107)83(117)74(108)62(53)96)87-41(29-13-5-1-6-14-29)42(30-15-7-2-8-16-30)88(125-87)48(54-63(97)75(109)84(118)76(110)64(54)98)38-26-22-34(122-38)46(52-59(93)71(105)82(116)72(106)60(52)94)36-24-28-40(124-36)50(56-67(101)79(113)86(120)80(114)68(56)102)90-44(32-19-11-4-12-20-32)43(31-17-9-3-10-18-31)89(126-90)49(39-27-23-35(45)123-39)55-65(99)77(111)85(119)78(112)66(55)100/h1-28,121-124H. The third-order valence-electron chi connectivity index (χ3n) is 20.7. The molecule has 12 bridgehead atoms. The van der Waals surface area contributed by atoms with Gasteiger partial charge in [-0.1, -0.05) is 121 Å². The van der Waals surface area contributed by atoms with Crippen molar-refractivity contribution >= 4 is 67.2 Å². The summed E-state index contributed by atoms with van der Waals surface area (Å²) < 4.78 is 502. The number of hydrogen-bond donors (Lipinski definition) is 4. The van der Waals surface area contributed by atoms with E-state index in [4.69, 9.17) is 0 Å². The zero-order valence-corrected chi connectivity index (χ0v) is 61.4. The Hall–Kier alpha value is -15.0. The normalized spacial score (nSPS) is 13.9. The lowest BCUT2D eigenvalue weighted by atomic mass is 9.85. The van der Waals surface area contributed by atoms with Gasteiger partial charge < -0.3 is 19.9 Å². The molecule has 3 aliphatic heterocycles. The molecule has 14 aromatic rings. The number of hydrogen-bond acceptors (Lipinski definition) is 2. The number of halogens is 30. The molecule has 3 aliphatic rings. The average molecular weight is 1770 g/mol. The summed E-state index contributed by atoms with van der Waals surface area (Å²) in [5.41, 5.74) is -38.8. The summed E-state index contributed by atoms with van der Waals surface area (Å²) in [5.74, 6) is -86.6. The molecular weight excluding hydrogens is 1730 g/mol. The Labute approximate surface area is 681 Å². The molecule has 10 aromatic carbocycles. The van der Waals surface area contributed by atoms with Crippen LogP contribution in [-0.4, -0.2) is 31.4 Å². The number of H-pyrrole nitrogens is 4. The summed E-state index contributed by atoms with van der Waals surface area (Å²) in [6, 6.07) is 26.2. The molecule has 0 atom stereocenters. The fourth-order valence-corrected chi connectivity index (χ4v) is 15.2. The summed E-state index contributed by atoms with van der Waals surface area (Å²) in [6.45, 7) is 0. The highest BCUT2D eigenvalue weighted by Gasteiger charge is 2.44. The van der Waals surface area contributed by atoms with Crippen molar-refractivity contribution in [1.29, 1.82) is 0 Å². The van der Waals surface area contributed by atoms with Gasteiger partial charge >= 0.3 is 0 Å². The van der Waals surface area contributed by atoms with E-state index < -0.39 is 353 Å². The van der Waals surface area contributed by atoms with E-state index in [1.165, 1.54) is 24.3 Å². The zero-order valence-electron chi connectivity index (χ0n) is 61.4. The van der Waals surface area contributed by atoms with Crippen LogP contribution in [-0.2, 0) is 0 Å². The third kappa shape index (κ3) is 12.7. The van der Waals surface area contributed by atoms with Crippen LogP contribution in [0, 0.1) is 175 Å². The van der Waals surface area contributed by atoms with Crippen molar-refractivity contribution in [3.05, 3.63) is 456 Å². The van der Waals surface area contributed by atoms with Gasteiger partial charge in [-0.2, -0.15) is 0 Å². The topological polar surface area (TPSA) is 87.9 Å². The number of allylic oxidation sites excluding steroid dienone is 4. The highest BCUT2D eigenvalue weighted by Crippen LogP contribution is 2.52. The molecule has 0 unspecified atom stereocenters. The number of nitrogens with one attached hydrogen (secondary N) is 4. The molecule has 0 saturated heterocycles. The maximum absolute atomic E-state index is 17.7. The Balaban J connectivity index is 1.20. The SMILES string of the molecule is Fc1c(F)c(F)c(C2=C3N=C(C(c4ccccc4)=C3c3ccccc3)C(c3c(F)c(F)c(F)c(F)c3F)=c3ccc([nH]3)=C(c3c(F)c(F)c(F)c(F)c3F)c3ccc([nH]3)C(c3c(F)c(F)c(F)c(F)c3F)=C3N=C(C(c4ccccc4)=C3c3ccccc3)C(c3c(F)c(F)c(F)c(F)c3F)=c3ccc([nH]3)=C(c3c(F)c(F)c(F)c(F)c3F)c3ccc2[nH]3)c(F)c1F. The molecule has 0 saturated carbocycles. The van der Waals surface area contributed by atoms with Crippen LogP contribution in [0.1, 0.15) is 78.4 Å². The Morgan fingerprint density at radius 2 is 0.310 bits per heavy atom. The number of aromatic amines is 4. The number of aliphatic imine (C=N–C) groups is 2. The van der Waals surface area contributed by atoms with E-state index in [2.05, 4.69) is 29.9 Å². The predicted octanol–water partition coefficient (Wildman–Crippen LogP) is 21.4. The van der Waals surface area contributed by atoms with Gasteiger partial charge in [0.1, 0.15) is 0 Å². The molecule has 17 rings (SSSR count). The Morgan fingerprint density at radius 3 is 0.524 bits per heavy atom. The number of benzene rings is 10. The van der Waals surface area contributed by atoms with Gasteiger partial charge in [-0.15, -0.1) is 0 Å². The van der Waals surface area contributed by atoms with E-state index in [-0.39, 0.29) is 0 Å². The molecule has 0 fully saturated rings. The van der Waals surface area contributed by atoms with Crippen molar-refractivity contribution in [3.8, 4) is 0 Å². The number of rotatable bonds is 10. The van der Waals surface area contributed by atoms with Crippen molar-refractivity contribution in [3.63, 3.8) is 0 Å². The highest BCUT2D eigenvalue weighted by atomic mass is 19.2. The van der Waals surface area contributed by atoms with E-state index in [0.717, 1.165) is 97.1 Å². The lowest BCUT2D eigenvalue weighted by Gasteiger charge is -2.17. The van der Waals surface area contributed by atoms with Crippen molar-refractivity contribution in [2.75, 3.05) is 0 Å². The van der Waals surface area contributed by atoms with Crippen molar-refractivity contribution in [2.24, 2.45) is 9.98 Å². The first-order chi connectivity index (χ1) is 60.1. The highest BCUT2D eigenvalue weighted by molar-refractivity contribution is 6.52. The second-order valence-corrected chi connectivity index (χ2v) is 27.6. The molecule has 4 N–H and O–H groups in total. The second-order valence-electron chi connectivity index (χ2n) is 27.6. The molecule has 0 radical (unpaired) electrons. The minimum Gasteiger partial charge on any atom is -0.354 e. The van der Waals surface area contributed by atoms with Gasteiger partial charge in [0.05, 0.1) is 56.2 Å². The monoisotopic (exact) mass is 1770 g/mol. The van der Waals surface area contributed by atoms with Crippen molar-refractivity contribution in [1.82, 2.24) is 19.9 Å². The first kappa shape index (κ1) is 83.3. The molecule has 632 valence electrons. The number of fused-ring (bicyclic) bond motifs is 10. The molecule has 36 heteroatoms. The van der Waals surface area contributed by atoms with E-state index in [1.54, 1.807) is 0 Å². The number of aromatic nitrogens is 4. The van der Waals surface area contributed by atoms with E-state index >= 15 is 132 Å². The lowest BCUT2D eigenvalue weighted by Crippen LogP contribution is -2.24. The van der Waals surface area contributed by atoms with Crippen molar-refractivity contribution < 1.29 is 132 Å². The van der Waals surface area contributed by atoms with E-state index in [0.29, 0.717) is 48.5 Å². The van der Waals surface area contributed by atoms with Gasteiger partial charge in [0.2, 0.25) is 34.9 Å². The van der Waals surface area contributed by atoms with Crippen LogP contribution in [0.5, 0.6) is 0 Å². The quantitative estimate of drug-likeness (QED) is 0.0597. The molecule has 0 spiro atoms. The Kier molecular flexibility index (Phi) is 20.6. The van der Waals surface area contributed by atoms with E-state index in [9.17, 15) is 0 Å². The summed E-state index contributed by atoms with van der Waals surface area (Å²) in [5, 5.41) is -5.16. The van der Waals surface area contributed by atoms with Crippen LogP contribution < -0.4 is 21.4 Å². The van der Waals surface area contributed by atoms with Gasteiger partial charge in [-0.25, -0.2) is 142 Å². The van der Waals surface area contributed by atoms with Crippen LogP contribution in [0.25, 0.3) is 55.7 Å². The smallest absolute Gasteiger partial charge is 0.200 e. The molecule has 0 amide bonds. The zero-order chi connectivity index (χ0) is 89.8. The first-order valence-corrected chi connectivity index (χ1v) is 35.8. The van der Waals surface area contributed by atoms with Crippen LogP contribution in [0.4, 0.5) is 132 Å². The Morgan fingerprint density at radius 1 is 0.143 bits per heavy atom. The largest absolute Gasteiger partial charge is 0.354 e. The molecule has 7 heterocycles. The summed E-state index contributed by atoms with van der Waals surface area (Å²) in [7, 11) is 0. The van der Waals surface area contributed by atoms with Crippen LogP contribution in [0.3, 0.4) is 0 Å². The van der Waals surface area contributed by atoms with Gasteiger partial charge in [-0.05, 0) is 70.8 Å². The summed E-state index contributed by atoms with van der Waals surface area (Å²) in [6.07, 6.45) is 0. The third-order valence-corrected chi connectivity index (χ3v) is 20.7. The predicted molar refractivity (Wildman–Crippen MR) is 394 cm³/mol. The van der Waals surface area contributed by atoms with E-state index in [1.807, 2.05) is 0 Å². The maximum Gasteiger partial charge on any atom is 0.200 e. The maximum atomic E-state index is 17.7. The Bertz CT molecular complexity index is 7040. The summed E-state index contributed by atoms with van der Waals surface area (Å²) >= 11 is 0. The molecule has 6 nitrogen and oxygen atoms in total. The molecular formula is C90H32F30N6. The van der Waals surface area contributed by atoms with Crippen LogP contribution >= 0.6 is 0 Å². The minimum absolute atomic E-state index is 0.453. The number of nitrogens with zero attached hydrogens (tertiary/aromatic N) is 2. The fourth-order valence-electron chi connectivity index (χ4n) is 15.2. The average Bonchev–Trinajstić information content (AvgIpc) is 1.55. The minimum atomic E-state index is -2.94. The van der Waals surface area contributed by atoms with Crippen LogP contribution in [0.15, 0.2) is 191 Å². The fraction of sp³-hybridized carbons (Fsp3) is 0. The molecule has 4 aromatic heterocycles. The lowest BCUT2D eigenvalue weighted by molar-refractivity contribution is 0.376. The van der Waals surface area contributed by atoms with Gasteiger partial charge in [-0.3, -0.25) is 0 Å². The first-order valence-electron chi connectivity index (χ1n) is 35.8. The van der Waals surface area contributed by atoms with Crippen LogP contribution in [0.2, 0.25) is 0 Å².